The maximum atomic E-state index is 11.6. The molecule has 1 saturated heterocycles. The first-order valence-corrected chi connectivity index (χ1v) is 6.05. The third kappa shape index (κ3) is 2.43. The quantitative estimate of drug-likeness (QED) is 0.462. The first-order chi connectivity index (χ1) is 8.74. The van der Waals surface area contributed by atoms with E-state index in [0.717, 1.165) is 18.4 Å². The zero-order valence-electron chi connectivity index (χ0n) is 10.1. The van der Waals surface area contributed by atoms with Crippen molar-refractivity contribution in [3.8, 4) is 6.07 Å². The number of carbonyl (C=O) groups is 1. The monoisotopic (exact) mass is 241 g/mol. The second-order valence-corrected chi connectivity index (χ2v) is 4.42. The zero-order valence-corrected chi connectivity index (χ0v) is 10.1. The number of hydrogen-bond acceptors (Lipinski definition) is 3. The largest absolute Gasteiger partial charge is 0.453 e. The van der Waals surface area contributed by atoms with Crippen LogP contribution in [0.15, 0.2) is 42.5 Å². The van der Waals surface area contributed by atoms with Crippen LogP contribution >= 0.6 is 0 Å². The first-order valence-electron chi connectivity index (χ1n) is 6.05. The van der Waals surface area contributed by atoms with Crippen LogP contribution in [0.2, 0.25) is 0 Å². The Hall–Kier alpha value is -2.08. The van der Waals surface area contributed by atoms with Crippen molar-refractivity contribution in [1.82, 2.24) is 0 Å². The molecule has 0 aromatic heterocycles. The van der Waals surface area contributed by atoms with Crippen molar-refractivity contribution in [2.45, 2.75) is 25.4 Å². The van der Waals surface area contributed by atoms with Gasteiger partial charge < -0.3 is 4.74 Å². The molecular weight excluding hydrogens is 226 g/mol. The minimum Gasteiger partial charge on any atom is -0.453 e. The van der Waals surface area contributed by atoms with Gasteiger partial charge in [0.25, 0.3) is 0 Å². The fourth-order valence-corrected chi connectivity index (χ4v) is 2.28. The summed E-state index contributed by atoms with van der Waals surface area (Å²) in [5.74, 6) is -0.320. The molecule has 1 heterocycles. The van der Waals surface area contributed by atoms with Gasteiger partial charge in [-0.2, -0.15) is 5.26 Å². The summed E-state index contributed by atoms with van der Waals surface area (Å²) in [6, 6.07) is 11.8. The third-order valence-electron chi connectivity index (χ3n) is 3.24. The molecule has 92 valence electrons. The first kappa shape index (κ1) is 12.4. The standard InChI is InChI=1S/C15H15NO2/c1-11-13(9-5-6-10-16)14(18-15(11)17)12-7-3-2-4-8-12/h2-4,7-8,13-14H,1,5-6,9H2/t13-,14-/m0/s1. The summed E-state index contributed by atoms with van der Waals surface area (Å²) in [5.41, 5.74) is 1.52. The summed E-state index contributed by atoms with van der Waals surface area (Å²) in [6.07, 6.45) is 1.78. The molecule has 0 spiro atoms. The van der Waals surface area contributed by atoms with Crippen molar-refractivity contribution < 1.29 is 9.53 Å². The van der Waals surface area contributed by atoms with Gasteiger partial charge >= 0.3 is 5.97 Å². The van der Waals surface area contributed by atoms with Gasteiger partial charge in [-0.25, -0.2) is 4.79 Å². The van der Waals surface area contributed by atoms with E-state index in [1.54, 1.807) is 0 Å². The van der Waals surface area contributed by atoms with Gasteiger partial charge in [0.2, 0.25) is 0 Å². The van der Waals surface area contributed by atoms with E-state index in [2.05, 4.69) is 12.6 Å². The summed E-state index contributed by atoms with van der Waals surface area (Å²) >= 11 is 0. The van der Waals surface area contributed by atoms with Crippen LogP contribution in [0.5, 0.6) is 0 Å². The van der Waals surface area contributed by atoms with E-state index in [9.17, 15) is 4.79 Å². The molecule has 1 fully saturated rings. The highest BCUT2D eigenvalue weighted by molar-refractivity contribution is 5.90. The molecule has 1 aromatic carbocycles. The zero-order chi connectivity index (χ0) is 13.0. The van der Waals surface area contributed by atoms with Crippen LogP contribution in [0.4, 0.5) is 0 Å². The minimum atomic E-state index is -0.314. The SMILES string of the molecule is C=C1C(=O)O[C@@H](c2ccccc2)[C@H]1CCCC#N. The minimum absolute atomic E-state index is 0.00625. The molecule has 2 atom stereocenters. The molecule has 0 bridgehead atoms. The summed E-state index contributed by atoms with van der Waals surface area (Å²) in [6.45, 7) is 3.81. The van der Waals surface area contributed by atoms with Crippen molar-refractivity contribution in [3.63, 3.8) is 0 Å². The van der Waals surface area contributed by atoms with Gasteiger partial charge in [0.05, 0.1) is 6.07 Å². The number of cyclic esters (lactones) is 1. The number of nitrogens with zero attached hydrogens (tertiary/aromatic N) is 1. The molecule has 0 aliphatic carbocycles. The van der Waals surface area contributed by atoms with Crippen LogP contribution in [-0.4, -0.2) is 5.97 Å². The van der Waals surface area contributed by atoms with Gasteiger partial charge in [0, 0.05) is 17.9 Å². The van der Waals surface area contributed by atoms with E-state index in [1.807, 2.05) is 30.3 Å². The molecule has 0 radical (unpaired) electrons. The normalized spacial score (nSPS) is 22.6. The highest BCUT2D eigenvalue weighted by Gasteiger charge is 2.38. The Morgan fingerprint density at radius 1 is 1.33 bits per heavy atom. The summed E-state index contributed by atoms with van der Waals surface area (Å²) in [5, 5.41) is 8.57. The lowest BCUT2D eigenvalue weighted by molar-refractivity contribution is -0.139. The fraction of sp³-hybridized carbons (Fsp3) is 0.333. The number of ether oxygens (including phenoxy) is 1. The van der Waals surface area contributed by atoms with Gasteiger partial charge in [0.15, 0.2) is 0 Å². The maximum absolute atomic E-state index is 11.6. The Labute approximate surface area is 107 Å². The lowest BCUT2D eigenvalue weighted by Crippen LogP contribution is -2.08. The predicted octanol–water partition coefficient (Wildman–Crippen LogP) is 3.15. The fourth-order valence-electron chi connectivity index (χ4n) is 2.28. The Morgan fingerprint density at radius 2 is 2.06 bits per heavy atom. The van der Waals surface area contributed by atoms with Crippen molar-refractivity contribution in [2.75, 3.05) is 0 Å². The van der Waals surface area contributed by atoms with E-state index in [1.165, 1.54) is 0 Å². The number of unbranched alkanes of at least 4 members (excludes halogenated alkanes) is 1. The molecule has 18 heavy (non-hydrogen) atoms. The Kier molecular flexibility index (Phi) is 3.78. The molecule has 1 aliphatic heterocycles. The van der Waals surface area contributed by atoms with Crippen LogP contribution in [0.1, 0.15) is 30.9 Å². The lowest BCUT2D eigenvalue weighted by Gasteiger charge is -2.17. The van der Waals surface area contributed by atoms with Crippen molar-refractivity contribution in [2.24, 2.45) is 5.92 Å². The average molecular weight is 241 g/mol. The molecule has 1 aliphatic rings. The van der Waals surface area contributed by atoms with Gasteiger partial charge in [-0.3, -0.25) is 0 Å². The number of carbonyl (C=O) groups excluding carboxylic acids is 1. The van der Waals surface area contributed by atoms with Gasteiger partial charge in [-0.1, -0.05) is 36.9 Å². The van der Waals surface area contributed by atoms with Crippen molar-refractivity contribution in [1.29, 1.82) is 5.26 Å². The summed E-state index contributed by atoms with van der Waals surface area (Å²) in [4.78, 5) is 11.6. The third-order valence-corrected chi connectivity index (χ3v) is 3.24. The van der Waals surface area contributed by atoms with E-state index < -0.39 is 0 Å². The Balaban J connectivity index is 2.15. The van der Waals surface area contributed by atoms with Gasteiger partial charge in [-0.05, 0) is 18.4 Å². The molecular formula is C15H15NO2. The summed E-state index contributed by atoms with van der Waals surface area (Å²) in [7, 11) is 0. The summed E-state index contributed by atoms with van der Waals surface area (Å²) < 4.78 is 5.38. The van der Waals surface area contributed by atoms with Crippen LogP contribution in [0.3, 0.4) is 0 Å². The lowest BCUT2D eigenvalue weighted by atomic mass is 9.88. The van der Waals surface area contributed by atoms with E-state index in [-0.39, 0.29) is 18.0 Å². The number of nitriles is 1. The van der Waals surface area contributed by atoms with Crippen LogP contribution in [-0.2, 0) is 9.53 Å². The van der Waals surface area contributed by atoms with Gasteiger partial charge in [-0.15, -0.1) is 0 Å². The highest BCUT2D eigenvalue weighted by Crippen LogP contribution is 2.40. The highest BCUT2D eigenvalue weighted by atomic mass is 16.6. The van der Waals surface area contributed by atoms with Crippen LogP contribution in [0.25, 0.3) is 0 Å². The number of benzene rings is 1. The average Bonchev–Trinajstić information content (AvgIpc) is 2.68. The molecule has 3 heteroatoms. The van der Waals surface area contributed by atoms with Crippen LogP contribution < -0.4 is 0 Å². The Bertz CT molecular complexity index is 487. The molecule has 2 rings (SSSR count). The molecule has 0 amide bonds. The molecule has 0 N–H and O–H groups in total. The van der Waals surface area contributed by atoms with Crippen molar-refractivity contribution >= 4 is 5.97 Å². The van der Waals surface area contributed by atoms with Crippen LogP contribution in [0, 0.1) is 17.2 Å². The maximum Gasteiger partial charge on any atom is 0.334 e. The van der Waals surface area contributed by atoms with E-state index in [4.69, 9.17) is 10.00 Å². The van der Waals surface area contributed by atoms with Crippen molar-refractivity contribution in [3.05, 3.63) is 48.0 Å². The second-order valence-electron chi connectivity index (χ2n) is 4.42. The van der Waals surface area contributed by atoms with E-state index >= 15 is 0 Å². The molecule has 1 aromatic rings. The van der Waals surface area contributed by atoms with Gasteiger partial charge in [0.1, 0.15) is 6.10 Å². The topological polar surface area (TPSA) is 50.1 Å². The predicted molar refractivity (Wildman–Crippen MR) is 67.4 cm³/mol. The molecule has 3 nitrogen and oxygen atoms in total. The smallest absolute Gasteiger partial charge is 0.334 e. The van der Waals surface area contributed by atoms with E-state index in [0.29, 0.717) is 12.0 Å². The number of rotatable bonds is 4. The number of esters is 1. The Morgan fingerprint density at radius 3 is 2.72 bits per heavy atom. The second kappa shape index (κ2) is 5.50. The number of hydrogen-bond donors (Lipinski definition) is 0. The molecule has 0 unspecified atom stereocenters. The molecule has 0 saturated carbocycles.